The first kappa shape index (κ1) is 33.2. The van der Waals surface area contributed by atoms with Crippen molar-refractivity contribution in [1.29, 1.82) is 0 Å². The summed E-state index contributed by atoms with van der Waals surface area (Å²) in [7, 11) is 0. The summed E-state index contributed by atoms with van der Waals surface area (Å²) in [4.78, 5) is 0. The standard InChI is InChI=1S/C57H40O/c1-57(2)51-33-37(36-27-30-54-50(32-36)45-18-9-10-24-53(45)58-54)25-28-43(51)44-29-26-40(34-52(44)57)56-48-21-7-5-19-46(48)55(47-20-6-8-22-49(47)56)39-16-11-15-38(31-39)42-23-12-14-35-13-3-4-17-41(35)42/h3,5-16,18-34H,4,17H2,1-2H3. The van der Waals surface area contributed by atoms with Crippen LogP contribution in [0.5, 0.6) is 0 Å². The van der Waals surface area contributed by atoms with E-state index in [1.165, 1.54) is 99.4 Å². The molecule has 0 spiro atoms. The van der Waals surface area contributed by atoms with Crippen LogP contribution < -0.4 is 0 Å². The maximum atomic E-state index is 6.16. The molecule has 10 aromatic rings. The normalized spacial score (nSPS) is 14.0. The van der Waals surface area contributed by atoms with E-state index in [9.17, 15) is 0 Å². The van der Waals surface area contributed by atoms with Gasteiger partial charge in [0.25, 0.3) is 0 Å². The zero-order chi connectivity index (χ0) is 38.5. The van der Waals surface area contributed by atoms with E-state index in [0.29, 0.717) is 0 Å². The molecule has 2 aliphatic rings. The number of furan rings is 1. The quantitative estimate of drug-likeness (QED) is 0.164. The van der Waals surface area contributed by atoms with Gasteiger partial charge in [-0.3, -0.25) is 0 Å². The fraction of sp³-hybridized carbons (Fsp3) is 0.0877. The molecule has 0 N–H and O–H groups in total. The van der Waals surface area contributed by atoms with Gasteiger partial charge < -0.3 is 4.42 Å². The van der Waals surface area contributed by atoms with Crippen LogP contribution in [-0.2, 0) is 11.8 Å². The Morgan fingerprint density at radius 3 is 1.69 bits per heavy atom. The second kappa shape index (κ2) is 12.5. The SMILES string of the molecule is CC1(C)c2cc(-c3ccc4oc5ccccc5c4c3)ccc2-c2ccc(-c3c4ccccc4c(-c4cccc(-c5cccc6c5CCC=C6)c4)c4ccccc34)cc21. The fourth-order valence-electron chi connectivity index (χ4n) is 10.3. The van der Waals surface area contributed by atoms with E-state index in [0.717, 1.165) is 34.8 Å². The minimum Gasteiger partial charge on any atom is -0.456 e. The summed E-state index contributed by atoms with van der Waals surface area (Å²) in [5, 5.41) is 7.43. The number of rotatable bonds is 4. The van der Waals surface area contributed by atoms with Crippen LogP contribution in [0.2, 0.25) is 0 Å². The van der Waals surface area contributed by atoms with Crippen LogP contribution in [0, 0.1) is 0 Å². The Morgan fingerprint density at radius 2 is 0.966 bits per heavy atom. The lowest BCUT2D eigenvalue weighted by molar-refractivity contribution is 0.661. The largest absolute Gasteiger partial charge is 0.456 e. The second-order valence-electron chi connectivity index (χ2n) is 16.7. The lowest BCUT2D eigenvalue weighted by Gasteiger charge is -2.23. The van der Waals surface area contributed by atoms with E-state index >= 15 is 0 Å². The van der Waals surface area contributed by atoms with E-state index in [2.05, 4.69) is 184 Å². The average Bonchev–Trinajstić information content (AvgIpc) is 3.76. The van der Waals surface area contributed by atoms with Crippen LogP contribution >= 0.6 is 0 Å². The summed E-state index contributed by atoms with van der Waals surface area (Å²) in [6.07, 6.45) is 6.75. The predicted octanol–water partition coefficient (Wildman–Crippen LogP) is 15.8. The molecule has 0 bridgehead atoms. The maximum absolute atomic E-state index is 6.16. The van der Waals surface area contributed by atoms with Gasteiger partial charge in [0.1, 0.15) is 11.2 Å². The summed E-state index contributed by atoms with van der Waals surface area (Å²) in [5.74, 6) is 0. The lowest BCUT2D eigenvalue weighted by Crippen LogP contribution is -2.15. The maximum Gasteiger partial charge on any atom is 0.135 e. The molecule has 0 aliphatic heterocycles. The Bertz CT molecular complexity index is 3310. The molecule has 0 amide bonds. The van der Waals surface area contributed by atoms with Crippen LogP contribution in [0.25, 0.3) is 105 Å². The molecule has 0 fully saturated rings. The molecule has 1 nitrogen and oxygen atoms in total. The van der Waals surface area contributed by atoms with Gasteiger partial charge in [-0.05, 0) is 149 Å². The van der Waals surface area contributed by atoms with E-state index in [1.807, 2.05) is 12.1 Å². The van der Waals surface area contributed by atoms with Gasteiger partial charge in [-0.2, -0.15) is 0 Å². The minimum atomic E-state index is -0.179. The van der Waals surface area contributed by atoms with Crippen molar-refractivity contribution in [3.8, 4) is 55.6 Å². The summed E-state index contributed by atoms with van der Waals surface area (Å²) in [5.41, 5.74) is 20.0. The van der Waals surface area contributed by atoms with Crippen LogP contribution in [0.15, 0.2) is 180 Å². The average molecular weight is 741 g/mol. The van der Waals surface area contributed by atoms with E-state index < -0.39 is 0 Å². The minimum absolute atomic E-state index is 0.179. The number of fused-ring (bicyclic) bond motifs is 9. The summed E-state index contributed by atoms with van der Waals surface area (Å²) in [6.45, 7) is 4.79. The molecule has 1 heterocycles. The molecular formula is C57H40O. The Labute approximate surface area is 338 Å². The van der Waals surface area contributed by atoms with Crippen molar-refractivity contribution in [2.24, 2.45) is 0 Å². The van der Waals surface area contributed by atoms with E-state index in [1.54, 1.807) is 0 Å². The molecule has 0 radical (unpaired) electrons. The highest BCUT2D eigenvalue weighted by Crippen LogP contribution is 2.52. The topological polar surface area (TPSA) is 13.1 Å². The molecule has 274 valence electrons. The van der Waals surface area contributed by atoms with Gasteiger partial charge in [0.2, 0.25) is 0 Å². The van der Waals surface area contributed by atoms with Crippen LogP contribution in [-0.4, -0.2) is 0 Å². The van der Waals surface area contributed by atoms with Crippen molar-refractivity contribution in [2.75, 3.05) is 0 Å². The number of benzene rings is 9. The molecule has 1 heteroatoms. The molecule has 1 aromatic heterocycles. The Kier molecular flexibility index (Phi) is 7.17. The molecule has 2 aliphatic carbocycles. The third-order valence-corrected chi connectivity index (χ3v) is 13.1. The highest BCUT2D eigenvalue weighted by molar-refractivity contribution is 6.21. The van der Waals surface area contributed by atoms with Crippen LogP contribution in [0.4, 0.5) is 0 Å². The van der Waals surface area contributed by atoms with Gasteiger partial charge in [-0.1, -0.05) is 159 Å². The van der Waals surface area contributed by atoms with Gasteiger partial charge in [-0.15, -0.1) is 0 Å². The Hall–Kier alpha value is -6.96. The first-order valence-electron chi connectivity index (χ1n) is 20.6. The van der Waals surface area contributed by atoms with Gasteiger partial charge in [0.05, 0.1) is 0 Å². The van der Waals surface area contributed by atoms with Crippen molar-refractivity contribution in [2.45, 2.75) is 32.1 Å². The molecular weight excluding hydrogens is 701 g/mol. The zero-order valence-corrected chi connectivity index (χ0v) is 32.6. The summed E-state index contributed by atoms with van der Waals surface area (Å²) in [6, 6.07) is 63.3. The third-order valence-electron chi connectivity index (χ3n) is 13.1. The predicted molar refractivity (Wildman–Crippen MR) is 245 cm³/mol. The molecule has 9 aromatic carbocycles. The summed E-state index contributed by atoms with van der Waals surface area (Å²) >= 11 is 0. The van der Waals surface area contributed by atoms with Crippen molar-refractivity contribution < 1.29 is 4.42 Å². The lowest BCUT2D eigenvalue weighted by atomic mass is 9.80. The highest BCUT2D eigenvalue weighted by Gasteiger charge is 2.36. The Morgan fingerprint density at radius 1 is 0.414 bits per heavy atom. The number of hydrogen-bond acceptors (Lipinski definition) is 1. The molecule has 0 unspecified atom stereocenters. The van der Waals surface area contributed by atoms with E-state index in [-0.39, 0.29) is 5.41 Å². The molecule has 0 saturated carbocycles. The van der Waals surface area contributed by atoms with Crippen molar-refractivity contribution >= 4 is 49.6 Å². The Balaban J connectivity index is 0.989. The smallest absolute Gasteiger partial charge is 0.135 e. The second-order valence-corrected chi connectivity index (χ2v) is 16.7. The monoisotopic (exact) mass is 740 g/mol. The van der Waals surface area contributed by atoms with Crippen molar-refractivity contribution in [3.63, 3.8) is 0 Å². The number of para-hydroxylation sites is 1. The zero-order valence-electron chi connectivity index (χ0n) is 32.6. The van der Waals surface area contributed by atoms with Crippen molar-refractivity contribution in [3.05, 3.63) is 198 Å². The number of hydrogen-bond donors (Lipinski definition) is 0. The fourth-order valence-corrected chi connectivity index (χ4v) is 10.3. The van der Waals surface area contributed by atoms with Crippen molar-refractivity contribution in [1.82, 2.24) is 0 Å². The highest BCUT2D eigenvalue weighted by atomic mass is 16.3. The number of allylic oxidation sites excluding steroid dienone is 1. The van der Waals surface area contributed by atoms with Gasteiger partial charge in [-0.25, -0.2) is 0 Å². The third kappa shape index (κ3) is 4.90. The molecule has 12 rings (SSSR count). The van der Waals surface area contributed by atoms with Gasteiger partial charge in [0.15, 0.2) is 0 Å². The first-order valence-corrected chi connectivity index (χ1v) is 20.6. The molecule has 0 saturated heterocycles. The van der Waals surface area contributed by atoms with Crippen LogP contribution in [0.3, 0.4) is 0 Å². The molecule has 58 heavy (non-hydrogen) atoms. The molecule has 0 atom stereocenters. The van der Waals surface area contributed by atoms with E-state index in [4.69, 9.17) is 4.42 Å². The summed E-state index contributed by atoms with van der Waals surface area (Å²) < 4.78 is 6.16. The van der Waals surface area contributed by atoms with Crippen LogP contribution in [0.1, 0.15) is 42.5 Å². The van der Waals surface area contributed by atoms with Gasteiger partial charge >= 0.3 is 0 Å². The first-order chi connectivity index (χ1) is 28.5. The van der Waals surface area contributed by atoms with Gasteiger partial charge in [0, 0.05) is 16.2 Å².